The standard InChI is InChI=1S/C15H24N2OS/c1-14(2)12-17(9-10-19-14)13(18)15(11-16)7-5-3-4-6-8-15/h3-10,12H2,1-2H3. The number of nitrogens with zero attached hydrogens (tertiary/aromatic N) is 2. The molecule has 3 nitrogen and oxygen atoms in total. The normalized spacial score (nSPS) is 26.3. The van der Waals surface area contributed by atoms with Gasteiger partial charge in [-0.1, -0.05) is 25.7 Å². The number of amides is 1. The van der Waals surface area contributed by atoms with E-state index in [0.29, 0.717) is 0 Å². The Kier molecular flexibility index (Phi) is 4.45. The Morgan fingerprint density at radius 2 is 1.84 bits per heavy atom. The van der Waals surface area contributed by atoms with Crippen molar-refractivity contribution in [3.05, 3.63) is 0 Å². The van der Waals surface area contributed by atoms with Crippen LogP contribution in [-0.4, -0.2) is 34.4 Å². The van der Waals surface area contributed by atoms with E-state index < -0.39 is 5.41 Å². The number of carbonyl (C=O) groups is 1. The molecule has 0 spiro atoms. The fourth-order valence-corrected chi connectivity index (χ4v) is 4.31. The molecular weight excluding hydrogens is 256 g/mol. The summed E-state index contributed by atoms with van der Waals surface area (Å²) in [7, 11) is 0. The van der Waals surface area contributed by atoms with E-state index in [1.807, 2.05) is 16.7 Å². The minimum absolute atomic E-state index is 0.102. The van der Waals surface area contributed by atoms with E-state index in [2.05, 4.69) is 19.9 Å². The number of hydrogen-bond acceptors (Lipinski definition) is 3. The van der Waals surface area contributed by atoms with Crippen molar-refractivity contribution in [2.24, 2.45) is 5.41 Å². The van der Waals surface area contributed by atoms with Gasteiger partial charge in [-0.05, 0) is 26.7 Å². The zero-order chi connectivity index (χ0) is 13.9. The largest absolute Gasteiger partial charge is 0.339 e. The van der Waals surface area contributed by atoms with Gasteiger partial charge in [0.1, 0.15) is 5.41 Å². The van der Waals surface area contributed by atoms with Crippen LogP contribution in [0.3, 0.4) is 0 Å². The molecule has 0 atom stereocenters. The van der Waals surface area contributed by atoms with Gasteiger partial charge in [0.15, 0.2) is 0 Å². The van der Waals surface area contributed by atoms with Crippen LogP contribution in [0.25, 0.3) is 0 Å². The third-order valence-corrected chi connectivity index (χ3v) is 5.59. The van der Waals surface area contributed by atoms with E-state index in [4.69, 9.17) is 0 Å². The third kappa shape index (κ3) is 3.25. The predicted octanol–water partition coefficient (Wildman–Crippen LogP) is 3.20. The second-order valence-corrected chi connectivity index (χ2v) is 8.25. The van der Waals surface area contributed by atoms with E-state index in [-0.39, 0.29) is 10.7 Å². The van der Waals surface area contributed by atoms with Gasteiger partial charge in [0.05, 0.1) is 6.07 Å². The minimum atomic E-state index is -0.728. The van der Waals surface area contributed by atoms with Gasteiger partial charge in [0, 0.05) is 23.6 Å². The average molecular weight is 280 g/mol. The van der Waals surface area contributed by atoms with Gasteiger partial charge in [-0.3, -0.25) is 4.79 Å². The van der Waals surface area contributed by atoms with Crippen LogP contribution in [0.15, 0.2) is 0 Å². The Hall–Kier alpha value is -0.690. The molecule has 0 N–H and O–H groups in total. The Labute approximate surface area is 120 Å². The van der Waals surface area contributed by atoms with Crippen LogP contribution < -0.4 is 0 Å². The number of hydrogen-bond donors (Lipinski definition) is 0. The highest BCUT2D eigenvalue weighted by Crippen LogP contribution is 2.38. The first kappa shape index (κ1) is 14.7. The van der Waals surface area contributed by atoms with Gasteiger partial charge in [0.2, 0.25) is 5.91 Å². The van der Waals surface area contributed by atoms with Crippen LogP contribution >= 0.6 is 11.8 Å². The van der Waals surface area contributed by atoms with Crippen molar-refractivity contribution in [1.29, 1.82) is 5.26 Å². The van der Waals surface area contributed by atoms with E-state index in [1.54, 1.807) is 0 Å². The van der Waals surface area contributed by atoms with Crippen molar-refractivity contribution in [2.45, 2.75) is 57.1 Å². The Bertz CT molecular complexity index is 378. The van der Waals surface area contributed by atoms with Gasteiger partial charge in [0.25, 0.3) is 0 Å². The van der Waals surface area contributed by atoms with Crippen molar-refractivity contribution in [3.8, 4) is 6.07 Å². The highest BCUT2D eigenvalue weighted by atomic mass is 32.2. The number of carbonyl (C=O) groups excluding carboxylic acids is 1. The quantitative estimate of drug-likeness (QED) is 0.693. The SMILES string of the molecule is CC1(C)CN(C(=O)C2(C#N)CCCCCC2)CCS1. The van der Waals surface area contributed by atoms with E-state index in [1.165, 1.54) is 0 Å². The van der Waals surface area contributed by atoms with Crippen LogP contribution in [-0.2, 0) is 4.79 Å². The zero-order valence-electron chi connectivity index (χ0n) is 12.1. The van der Waals surface area contributed by atoms with Crippen LogP contribution in [0.4, 0.5) is 0 Å². The molecule has 1 heterocycles. The van der Waals surface area contributed by atoms with Crippen molar-refractivity contribution >= 4 is 17.7 Å². The van der Waals surface area contributed by atoms with E-state index in [0.717, 1.165) is 57.4 Å². The predicted molar refractivity (Wildman–Crippen MR) is 78.9 cm³/mol. The van der Waals surface area contributed by atoms with Crippen LogP contribution in [0.5, 0.6) is 0 Å². The molecule has 4 heteroatoms. The van der Waals surface area contributed by atoms with Gasteiger partial charge in [-0.15, -0.1) is 0 Å². The van der Waals surface area contributed by atoms with Gasteiger partial charge in [-0.2, -0.15) is 17.0 Å². The minimum Gasteiger partial charge on any atom is -0.339 e. The second kappa shape index (κ2) is 5.75. The molecule has 2 aliphatic rings. The van der Waals surface area contributed by atoms with Crippen LogP contribution in [0.1, 0.15) is 52.4 Å². The molecule has 19 heavy (non-hydrogen) atoms. The molecule has 1 amide bonds. The number of thioether (sulfide) groups is 1. The zero-order valence-corrected chi connectivity index (χ0v) is 12.9. The summed E-state index contributed by atoms with van der Waals surface area (Å²) in [6.45, 7) is 5.95. The van der Waals surface area contributed by atoms with Gasteiger partial charge in [-0.25, -0.2) is 0 Å². The Morgan fingerprint density at radius 1 is 1.21 bits per heavy atom. The molecule has 0 bridgehead atoms. The third-order valence-electron chi connectivity index (χ3n) is 4.29. The summed E-state index contributed by atoms with van der Waals surface area (Å²) < 4.78 is 0.120. The molecule has 0 aromatic rings. The molecule has 2 rings (SSSR count). The lowest BCUT2D eigenvalue weighted by Gasteiger charge is -2.40. The van der Waals surface area contributed by atoms with Crippen molar-refractivity contribution < 1.29 is 4.79 Å². The summed E-state index contributed by atoms with van der Waals surface area (Å²) in [6.07, 6.45) is 5.88. The summed E-state index contributed by atoms with van der Waals surface area (Å²) in [6, 6.07) is 2.38. The first-order valence-corrected chi connectivity index (χ1v) is 8.32. The van der Waals surface area contributed by atoms with E-state index in [9.17, 15) is 10.1 Å². The van der Waals surface area contributed by atoms with E-state index >= 15 is 0 Å². The molecule has 2 fully saturated rings. The molecule has 106 valence electrons. The summed E-state index contributed by atoms with van der Waals surface area (Å²) in [5.41, 5.74) is -0.728. The summed E-state index contributed by atoms with van der Waals surface area (Å²) in [5, 5.41) is 9.59. The first-order chi connectivity index (χ1) is 8.99. The van der Waals surface area contributed by atoms with Crippen molar-refractivity contribution in [2.75, 3.05) is 18.8 Å². The lowest BCUT2D eigenvalue weighted by Crippen LogP contribution is -2.51. The van der Waals surface area contributed by atoms with Gasteiger partial charge < -0.3 is 4.90 Å². The molecule has 0 unspecified atom stereocenters. The van der Waals surface area contributed by atoms with Crippen LogP contribution in [0.2, 0.25) is 0 Å². The monoisotopic (exact) mass is 280 g/mol. The van der Waals surface area contributed by atoms with Crippen LogP contribution in [0, 0.1) is 16.7 Å². The molecule has 0 aromatic heterocycles. The number of rotatable bonds is 1. The lowest BCUT2D eigenvalue weighted by molar-refractivity contribution is -0.140. The molecule has 1 aliphatic carbocycles. The fraction of sp³-hybridized carbons (Fsp3) is 0.867. The Balaban J connectivity index is 2.14. The molecular formula is C15H24N2OS. The summed E-state index contributed by atoms with van der Waals surface area (Å²) >= 11 is 1.92. The summed E-state index contributed by atoms with van der Waals surface area (Å²) in [4.78, 5) is 14.8. The van der Waals surface area contributed by atoms with Crippen molar-refractivity contribution in [1.82, 2.24) is 4.90 Å². The highest BCUT2D eigenvalue weighted by molar-refractivity contribution is 8.00. The molecule has 1 saturated heterocycles. The highest BCUT2D eigenvalue weighted by Gasteiger charge is 2.43. The fourth-order valence-electron chi connectivity index (χ4n) is 3.20. The van der Waals surface area contributed by atoms with Crippen molar-refractivity contribution in [3.63, 3.8) is 0 Å². The maximum absolute atomic E-state index is 12.8. The van der Waals surface area contributed by atoms with Gasteiger partial charge >= 0.3 is 0 Å². The number of nitriles is 1. The second-order valence-electron chi connectivity index (χ2n) is 6.44. The first-order valence-electron chi connectivity index (χ1n) is 7.34. The topological polar surface area (TPSA) is 44.1 Å². The average Bonchev–Trinajstić information content (AvgIpc) is 2.63. The summed E-state index contributed by atoms with van der Waals surface area (Å²) in [5.74, 6) is 1.09. The molecule has 0 aromatic carbocycles. The lowest BCUT2D eigenvalue weighted by atomic mass is 9.80. The Morgan fingerprint density at radius 3 is 2.37 bits per heavy atom. The smallest absolute Gasteiger partial charge is 0.243 e. The maximum Gasteiger partial charge on any atom is 0.243 e. The molecule has 1 aliphatic heterocycles. The molecule has 0 radical (unpaired) electrons. The molecule has 1 saturated carbocycles. The maximum atomic E-state index is 12.8.